The molecule has 0 bridgehead atoms. The standard InChI is InChI=1S/C19H27NO5/c1-3-24-18(23)14-7-11-20(12-8-14)16(21)15-13(2)17(22)25-19(15)9-5-4-6-10-19/h14H,3-12H2,1-2H3. The number of hydrogen-bond acceptors (Lipinski definition) is 5. The van der Waals surface area contributed by atoms with E-state index >= 15 is 0 Å². The number of piperidine rings is 1. The molecule has 0 aromatic heterocycles. The Morgan fingerprint density at radius 2 is 1.84 bits per heavy atom. The highest BCUT2D eigenvalue weighted by atomic mass is 16.6. The molecule has 0 aromatic rings. The minimum atomic E-state index is -0.714. The second-order valence-corrected chi connectivity index (χ2v) is 7.26. The molecule has 0 aromatic carbocycles. The molecule has 0 N–H and O–H groups in total. The highest BCUT2D eigenvalue weighted by Crippen LogP contribution is 2.44. The number of carbonyl (C=O) groups is 3. The quantitative estimate of drug-likeness (QED) is 0.732. The van der Waals surface area contributed by atoms with Gasteiger partial charge in [-0.1, -0.05) is 6.42 Å². The van der Waals surface area contributed by atoms with Crippen molar-refractivity contribution < 1.29 is 23.9 Å². The van der Waals surface area contributed by atoms with Crippen LogP contribution in [0.15, 0.2) is 11.1 Å². The molecule has 2 heterocycles. The number of nitrogens with zero attached hydrogens (tertiary/aromatic N) is 1. The lowest BCUT2D eigenvalue weighted by atomic mass is 9.78. The summed E-state index contributed by atoms with van der Waals surface area (Å²) in [5.74, 6) is -0.753. The Balaban J connectivity index is 1.72. The molecule has 1 amide bonds. The Labute approximate surface area is 148 Å². The van der Waals surface area contributed by atoms with Gasteiger partial charge in [-0.15, -0.1) is 0 Å². The topological polar surface area (TPSA) is 72.9 Å². The Morgan fingerprint density at radius 1 is 1.20 bits per heavy atom. The smallest absolute Gasteiger partial charge is 0.335 e. The van der Waals surface area contributed by atoms with E-state index in [0.717, 1.165) is 32.1 Å². The molecule has 138 valence electrons. The van der Waals surface area contributed by atoms with Gasteiger partial charge < -0.3 is 14.4 Å². The third kappa shape index (κ3) is 3.31. The van der Waals surface area contributed by atoms with E-state index in [1.807, 2.05) is 0 Å². The number of hydrogen-bond donors (Lipinski definition) is 0. The first kappa shape index (κ1) is 18.0. The average Bonchev–Trinajstić information content (AvgIpc) is 2.85. The van der Waals surface area contributed by atoms with Crippen molar-refractivity contribution in [1.29, 1.82) is 0 Å². The molecule has 1 spiro atoms. The summed E-state index contributed by atoms with van der Waals surface area (Å²) in [5, 5.41) is 0. The van der Waals surface area contributed by atoms with Crippen molar-refractivity contribution in [3.63, 3.8) is 0 Å². The predicted molar refractivity (Wildman–Crippen MR) is 90.5 cm³/mol. The number of carbonyl (C=O) groups excluding carboxylic acids is 3. The monoisotopic (exact) mass is 349 g/mol. The maximum atomic E-state index is 13.2. The van der Waals surface area contributed by atoms with Crippen LogP contribution < -0.4 is 0 Å². The highest BCUT2D eigenvalue weighted by molar-refractivity contribution is 6.07. The van der Waals surface area contributed by atoms with Crippen LogP contribution in [0.1, 0.15) is 58.8 Å². The highest BCUT2D eigenvalue weighted by Gasteiger charge is 2.50. The summed E-state index contributed by atoms with van der Waals surface area (Å²) < 4.78 is 10.8. The van der Waals surface area contributed by atoms with Gasteiger partial charge in [0.1, 0.15) is 5.60 Å². The summed E-state index contributed by atoms with van der Waals surface area (Å²) in [7, 11) is 0. The van der Waals surface area contributed by atoms with Gasteiger partial charge in [0.15, 0.2) is 0 Å². The van der Waals surface area contributed by atoms with E-state index < -0.39 is 5.60 Å². The van der Waals surface area contributed by atoms with Gasteiger partial charge in [0.2, 0.25) is 0 Å². The number of rotatable bonds is 3. The number of likely N-dealkylation sites (tertiary alicyclic amines) is 1. The molecule has 6 nitrogen and oxygen atoms in total. The molecule has 25 heavy (non-hydrogen) atoms. The van der Waals surface area contributed by atoms with Gasteiger partial charge in [0, 0.05) is 18.7 Å². The third-order valence-electron chi connectivity index (χ3n) is 5.70. The van der Waals surface area contributed by atoms with Crippen LogP contribution in [-0.4, -0.2) is 48.0 Å². The van der Waals surface area contributed by atoms with Gasteiger partial charge in [-0.05, 0) is 52.4 Å². The van der Waals surface area contributed by atoms with Gasteiger partial charge in [0.25, 0.3) is 5.91 Å². The van der Waals surface area contributed by atoms with Gasteiger partial charge >= 0.3 is 11.9 Å². The lowest BCUT2D eigenvalue weighted by Gasteiger charge is -2.37. The van der Waals surface area contributed by atoms with Crippen LogP contribution in [0.5, 0.6) is 0 Å². The Bertz CT molecular complexity index is 595. The van der Waals surface area contributed by atoms with Gasteiger partial charge in [-0.2, -0.15) is 0 Å². The minimum Gasteiger partial charge on any atom is -0.466 e. The van der Waals surface area contributed by atoms with Gasteiger partial charge in [0.05, 0.1) is 18.1 Å². The fourth-order valence-electron chi connectivity index (χ4n) is 4.32. The lowest BCUT2D eigenvalue weighted by molar-refractivity contribution is -0.153. The van der Waals surface area contributed by atoms with Crippen molar-refractivity contribution >= 4 is 17.8 Å². The molecule has 1 aliphatic carbocycles. The first-order valence-electron chi connectivity index (χ1n) is 9.39. The zero-order valence-electron chi connectivity index (χ0n) is 15.1. The van der Waals surface area contributed by atoms with E-state index in [2.05, 4.69) is 0 Å². The molecule has 3 rings (SSSR count). The van der Waals surface area contributed by atoms with Crippen molar-refractivity contribution in [3.8, 4) is 0 Å². The molecule has 1 saturated heterocycles. The molecule has 0 radical (unpaired) electrons. The molecule has 2 aliphatic heterocycles. The van der Waals surface area contributed by atoms with Crippen LogP contribution in [0.25, 0.3) is 0 Å². The Morgan fingerprint density at radius 3 is 2.44 bits per heavy atom. The molecular weight excluding hydrogens is 322 g/mol. The van der Waals surface area contributed by atoms with Crippen LogP contribution in [-0.2, 0) is 23.9 Å². The average molecular weight is 349 g/mol. The molecule has 3 aliphatic rings. The number of ether oxygens (including phenoxy) is 2. The zero-order valence-corrected chi connectivity index (χ0v) is 15.1. The predicted octanol–water partition coefficient (Wildman–Crippen LogP) is 2.36. The number of esters is 2. The van der Waals surface area contributed by atoms with Crippen molar-refractivity contribution in [2.24, 2.45) is 5.92 Å². The SMILES string of the molecule is CCOC(=O)C1CCN(C(=O)C2=C(C)C(=O)OC23CCCCC3)CC1. The molecule has 2 fully saturated rings. The second-order valence-electron chi connectivity index (χ2n) is 7.26. The van der Waals surface area contributed by atoms with Crippen molar-refractivity contribution in [2.75, 3.05) is 19.7 Å². The van der Waals surface area contributed by atoms with E-state index in [9.17, 15) is 14.4 Å². The summed E-state index contributed by atoms with van der Waals surface area (Å²) >= 11 is 0. The normalized spacial score (nSPS) is 23.8. The molecule has 0 unspecified atom stereocenters. The maximum Gasteiger partial charge on any atom is 0.335 e. The first-order valence-corrected chi connectivity index (χ1v) is 9.39. The van der Waals surface area contributed by atoms with Crippen LogP contribution >= 0.6 is 0 Å². The van der Waals surface area contributed by atoms with Crippen molar-refractivity contribution in [2.45, 2.75) is 64.4 Å². The second kappa shape index (κ2) is 7.18. The van der Waals surface area contributed by atoms with Crippen molar-refractivity contribution in [1.82, 2.24) is 4.90 Å². The fourth-order valence-corrected chi connectivity index (χ4v) is 4.32. The zero-order chi connectivity index (χ0) is 18.0. The third-order valence-corrected chi connectivity index (χ3v) is 5.70. The van der Waals surface area contributed by atoms with Crippen LogP contribution in [0.2, 0.25) is 0 Å². The summed E-state index contributed by atoms with van der Waals surface area (Å²) in [6.07, 6.45) is 5.75. The Hall–Kier alpha value is -1.85. The van der Waals surface area contributed by atoms with Gasteiger partial charge in [-0.25, -0.2) is 4.79 Å². The summed E-state index contributed by atoms with van der Waals surface area (Å²) in [6, 6.07) is 0. The first-order chi connectivity index (χ1) is 12.0. The minimum absolute atomic E-state index is 0.0902. The molecule has 0 atom stereocenters. The van der Waals surface area contributed by atoms with E-state index in [4.69, 9.17) is 9.47 Å². The molecule has 1 saturated carbocycles. The van der Waals surface area contributed by atoms with E-state index in [1.165, 1.54) is 0 Å². The Kier molecular flexibility index (Phi) is 5.16. The summed E-state index contributed by atoms with van der Waals surface area (Å²) in [6.45, 7) is 4.91. The van der Waals surface area contributed by atoms with Gasteiger partial charge in [-0.3, -0.25) is 9.59 Å². The molecule has 6 heteroatoms. The molecular formula is C19H27NO5. The van der Waals surface area contributed by atoms with Crippen LogP contribution in [0, 0.1) is 5.92 Å². The fraction of sp³-hybridized carbons (Fsp3) is 0.737. The van der Waals surface area contributed by atoms with E-state index in [1.54, 1.807) is 18.7 Å². The summed E-state index contributed by atoms with van der Waals surface area (Å²) in [4.78, 5) is 38.9. The van der Waals surface area contributed by atoms with E-state index in [-0.39, 0.29) is 23.8 Å². The van der Waals surface area contributed by atoms with Crippen LogP contribution in [0.4, 0.5) is 0 Å². The summed E-state index contributed by atoms with van der Waals surface area (Å²) in [5.41, 5.74) is 0.306. The maximum absolute atomic E-state index is 13.2. The lowest BCUT2D eigenvalue weighted by Crippen LogP contribution is -2.46. The largest absolute Gasteiger partial charge is 0.466 e. The number of amides is 1. The van der Waals surface area contributed by atoms with Crippen molar-refractivity contribution in [3.05, 3.63) is 11.1 Å². The van der Waals surface area contributed by atoms with E-state index in [0.29, 0.717) is 43.7 Å². The van der Waals surface area contributed by atoms with Crippen LogP contribution in [0.3, 0.4) is 0 Å².